The third-order valence-electron chi connectivity index (χ3n) is 3.80. The molecule has 2 aromatic rings. The van der Waals surface area contributed by atoms with Crippen LogP contribution in [0, 0.1) is 0 Å². The highest BCUT2D eigenvalue weighted by Gasteiger charge is 2.16. The fraction of sp³-hybridized carbons (Fsp3) is 0.353. The van der Waals surface area contributed by atoms with Crippen LogP contribution in [0.3, 0.4) is 0 Å². The van der Waals surface area contributed by atoms with Crippen molar-refractivity contribution in [3.8, 4) is 11.5 Å². The smallest absolute Gasteiger partial charge is 0.347 e. The first-order chi connectivity index (χ1) is 11.7. The second kappa shape index (κ2) is 7.16. The van der Waals surface area contributed by atoms with E-state index in [1.165, 1.54) is 10.8 Å². The van der Waals surface area contributed by atoms with E-state index < -0.39 is 5.69 Å². The van der Waals surface area contributed by atoms with E-state index in [1.807, 2.05) is 25.1 Å². The van der Waals surface area contributed by atoms with E-state index in [0.717, 1.165) is 11.3 Å². The molecule has 7 heteroatoms. The summed E-state index contributed by atoms with van der Waals surface area (Å²) in [5.41, 5.74) is 0.522. The summed E-state index contributed by atoms with van der Waals surface area (Å²) in [5, 5.41) is 0. The van der Waals surface area contributed by atoms with Gasteiger partial charge in [0, 0.05) is 25.5 Å². The van der Waals surface area contributed by atoms with Gasteiger partial charge in [-0.15, -0.1) is 0 Å². The lowest BCUT2D eigenvalue weighted by molar-refractivity contribution is -0.132. The van der Waals surface area contributed by atoms with Gasteiger partial charge >= 0.3 is 5.69 Å². The van der Waals surface area contributed by atoms with E-state index in [9.17, 15) is 9.59 Å². The predicted molar refractivity (Wildman–Crippen MR) is 87.0 cm³/mol. The molecule has 7 nitrogen and oxygen atoms in total. The molecular weight excluding hydrogens is 310 g/mol. The Morgan fingerprint density at radius 3 is 2.83 bits per heavy atom. The van der Waals surface area contributed by atoms with Gasteiger partial charge in [-0.25, -0.2) is 9.78 Å². The Bertz CT molecular complexity index is 787. The van der Waals surface area contributed by atoms with E-state index in [-0.39, 0.29) is 12.5 Å². The molecular formula is C17H19N3O4. The minimum atomic E-state index is -0.429. The Balaban J connectivity index is 1.71. The number of nitrogens with zero attached hydrogens (tertiary/aromatic N) is 3. The van der Waals surface area contributed by atoms with Gasteiger partial charge in [0.15, 0.2) is 11.5 Å². The summed E-state index contributed by atoms with van der Waals surface area (Å²) >= 11 is 0. The number of fused-ring (bicyclic) bond motifs is 1. The van der Waals surface area contributed by atoms with Crippen LogP contribution in [-0.2, 0) is 17.9 Å². The molecule has 0 N–H and O–H groups in total. The van der Waals surface area contributed by atoms with Crippen molar-refractivity contribution in [1.29, 1.82) is 0 Å². The maximum atomic E-state index is 12.5. The zero-order valence-corrected chi connectivity index (χ0v) is 13.5. The van der Waals surface area contributed by atoms with Crippen LogP contribution in [0.4, 0.5) is 0 Å². The summed E-state index contributed by atoms with van der Waals surface area (Å²) in [7, 11) is 0. The van der Waals surface area contributed by atoms with Gasteiger partial charge in [-0.1, -0.05) is 6.07 Å². The Kier molecular flexibility index (Phi) is 4.79. The average Bonchev–Trinajstić information content (AvgIpc) is 2.61. The number of amides is 1. The summed E-state index contributed by atoms with van der Waals surface area (Å²) in [6.07, 6.45) is 2.97. The van der Waals surface area contributed by atoms with E-state index in [1.54, 1.807) is 17.2 Å². The van der Waals surface area contributed by atoms with Crippen molar-refractivity contribution >= 4 is 5.91 Å². The third kappa shape index (κ3) is 3.56. The van der Waals surface area contributed by atoms with Crippen LogP contribution in [0.1, 0.15) is 12.5 Å². The van der Waals surface area contributed by atoms with Crippen molar-refractivity contribution < 1.29 is 14.3 Å². The number of likely N-dealkylation sites (N-methyl/N-ethyl adjacent to an activating group) is 1. The lowest BCUT2D eigenvalue weighted by Gasteiger charge is -2.23. The Morgan fingerprint density at radius 1 is 1.29 bits per heavy atom. The van der Waals surface area contributed by atoms with Crippen LogP contribution in [0.2, 0.25) is 0 Å². The van der Waals surface area contributed by atoms with Crippen molar-refractivity contribution in [3.63, 3.8) is 0 Å². The monoisotopic (exact) mass is 329 g/mol. The molecule has 0 fully saturated rings. The van der Waals surface area contributed by atoms with Crippen molar-refractivity contribution in [2.45, 2.75) is 20.0 Å². The van der Waals surface area contributed by atoms with E-state index in [0.29, 0.717) is 32.1 Å². The Morgan fingerprint density at radius 2 is 2.08 bits per heavy atom. The number of rotatable bonds is 5. The molecule has 0 saturated carbocycles. The SMILES string of the molecule is CCN(Cc1ccc2c(c1)OCCO2)C(=O)Cn1cccnc1=O. The standard InChI is InChI=1S/C17H19N3O4/c1-2-19(16(21)12-20-7-3-6-18-17(20)22)11-13-4-5-14-15(10-13)24-9-8-23-14/h3-7,10H,2,8-9,11-12H2,1H3. The molecule has 0 unspecified atom stereocenters. The maximum Gasteiger partial charge on any atom is 0.347 e. The van der Waals surface area contributed by atoms with Gasteiger partial charge in [0.05, 0.1) is 0 Å². The van der Waals surface area contributed by atoms with E-state index in [2.05, 4.69) is 4.98 Å². The van der Waals surface area contributed by atoms with Crippen LogP contribution >= 0.6 is 0 Å². The van der Waals surface area contributed by atoms with Gasteiger partial charge in [0.2, 0.25) is 5.91 Å². The average molecular weight is 329 g/mol. The summed E-state index contributed by atoms with van der Waals surface area (Å²) in [4.78, 5) is 29.4. The third-order valence-corrected chi connectivity index (χ3v) is 3.80. The molecule has 0 spiro atoms. The summed E-state index contributed by atoms with van der Waals surface area (Å²) in [5.74, 6) is 1.29. The van der Waals surface area contributed by atoms with Crippen LogP contribution in [0.25, 0.3) is 0 Å². The van der Waals surface area contributed by atoms with Gasteiger partial charge in [-0.2, -0.15) is 0 Å². The minimum Gasteiger partial charge on any atom is -0.486 e. The highest BCUT2D eigenvalue weighted by molar-refractivity contribution is 5.76. The number of hydrogen-bond donors (Lipinski definition) is 0. The number of carbonyl (C=O) groups is 1. The van der Waals surface area contributed by atoms with Crippen LogP contribution in [0.5, 0.6) is 11.5 Å². The summed E-state index contributed by atoms with van der Waals surface area (Å²) in [6, 6.07) is 7.29. The van der Waals surface area contributed by atoms with Gasteiger partial charge in [0.25, 0.3) is 0 Å². The van der Waals surface area contributed by atoms with Crippen molar-refractivity contribution in [3.05, 3.63) is 52.7 Å². The molecule has 1 aliphatic rings. The van der Waals surface area contributed by atoms with Gasteiger partial charge in [-0.05, 0) is 30.7 Å². The first-order valence-corrected chi connectivity index (χ1v) is 7.85. The lowest BCUT2D eigenvalue weighted by atomic mass is 10.1. The topological polar surface area (TPSA) is 73.7 Å². The second-order valence-electron chi connectivity index (χ2n) is 5.42. The van der Waals surface area contributed by atoms with Gasteiger partial charge < -0.3 is 14.4 Å². The van der Waals surface area contributed by atoms with Crippen molar-refractivity contribution in [1.82, 2.24) is 14.5 Å². The molecule has 1 aliphatic heterocycles. The highest BCUT2D eigenvalue weighted by atomic mass is 16.6. The fourth-order valence-electron chi connectivity index (χ4n) is 2.54. The molecule has 1 amide bonds. The molecule has 0 bridgehead atoms. The molecule has 3 rings (SSSR count). The number of benzene rings is 1. The molecule has 1 aromatic carbocycles. The van der Waals surface area contributed by atoms with Gasteiger partial charge in [-0.3, -0.25) is 9.36 Å². The minimum absolute atomic E-state index is 0.0228. The normalized spacial score (nSPS) is 12.7. The van der Waals surface area contributed by atoms with Crippen molar-refractivity contribution in [2.75, 3.05) is 19.8 Å². The zero-order valence-electron chi connectivity index (χ0n) is 13.5. The maximum absolute atomic E-state index is 12.5. The summed E-state index contributed by atoms with van der Waals surface area (Å²) < 4.78 is 12.4. The fourth-order valence-corrected chi connectivity index (χ4v) is 2.54. The highest BCUT2D eigenvalue weighted by Crippen LogP contribution is 2.31. The molecule has 0 radical (unpaired) electrons. The molecule has 1 aromatic heterocycles. The second-order valence-corrected chi connectivity index (χ2v) is 5.42. The first-order valence-electron chi connectivity index (χ1n) is 7.85. The van der Waals surface area contributed by atoms with Crippen LogP contribution < -0.4 is 15.2 Å². The molecule has 0 atom stereocenters. The largest absolute Gasteiger partial charge is 0.486 e. The van der Waals surface area contributed by atoms with Crippen molar-refractivity contribution in [2.24, 2.45) is 0 Å². The Labute approximate surface area is 139 Å². The number of aromatic nitrogens is 2. The molecule has 126 valence electrons. The Hall–Kier alpha value is -2.83. The molecule has 0 saturated heterocycles. The number of carbonyl (C=O) groups excluding carboxylic acids is 1. The number of hydrogen-bond acceptors (Lipinski definition) is 5. The summed E-state index contributed by atoms with van der Waals surface area (Å²) in [6.45, 7) is 3.94. The molecule has 0 aliphatic carbocycles. The van der Waals surface area contributed by atoms with E-state index in [4.69, 9.17) is 9.47 Å². The molecule has 24 heavy (non-hydrogen) atoms. The first kappa shape index (κ1) is 16.0. The van der Waals surface area contributed by atoms with E-state index >= 15 is 0 Å². The quantitative estimate of drug-likeness (QED) is 0.820. The van der Waals surface area contributed by atoms with Crippen LogP contribution in [-0.4, -0.2) is 40.1 Å². The molecule has 2 heterocycles. The number of ether oxygens (including phenoxy) is 2. The van der Waals surface area contributed by atoms with Gasteiger partial charge in [0.1, 0.15) is 19.8 Å². The predicted octanol–water partition coefficient (Wildman–Crippen LogP) is 1.06. The van der Waals surface area contributed by atoms with Crippen LogP contribution in [0.15, 0.2) is 41.5 Å². The zero-order chi connectivity index (χ0) is 16.9. The lowest BCUT2D eigenvalue weighted by Crippen LogP contribution is -2.36.